The van der Waals surface area contributed by atoms with Crippen molar-refractivity contribution in [2.24, 2.45) is 0 Å². The molecule has 0 fully saturated rings. The van der Waals surface area contributed by atoms with E-state index in [-0.39, 0.29) is 5.56 Å². The molecule has 0 radical (unpaired) electrons. The highest BCUT2D eigenvalue weighted by Crippen LogP contribution is 2.46. The SMILES string of the molecule is Fc1c(F)c(F)c(-c2ccc3ccccc3c2-c2c(Br)ccc3ccccc23)c(F)c1F. The maximum atomic E-state index is 14.9. The van der Waals surface area contributed by atoms with Crippen molar-refractivity contribution < 1.29 is 22.0 Å². The summed E-state index contributed by atoms with van der Waals surface area (Å²) in [4.78, 5) is 0. The molecule has 0 unspecified atom stereocenters. The van der Waals surface area contributed by atoms with Gasteiger partial charge in [0.15, 0.2) is 23.3 Å². The van der Waals surface area contributed by atoms with Gasteiger partial charge in [-0.05, 0) is 38.7 Å². The number of rotatable bonds is 2. The van der Waals surface area contributed by atoms with Crippen LogP contribution >= 0.6 is 15.9 Å². The Morgan fingerprint density at radius 2 is 0.906 bits per heavy atom. The maximum Gasteiger partial charge on any atom is 0.200 e. The second kappa shape index (κ2) is 7.71. The van der Waals surface area contributed by atoms with Crippen molar-refractivity contribution in [1.29, 1.82) is 0 Å². The lowest BCUT2D eigenvalue weighted by molar-refractivity contribution is 0.381. The van der Waals surface area contributed by atoms with Crippen LogP contribution < -0.4 is 0 Å². The maximum absolute atomic E-state index is 14.9. The van der Waals surface area contributed by atoms with E-state index in [0.717, 1.165) is 16.2 Å². The molecule has 6 heteroatoms. The molecule has 0 aliphatic carbocycles. The van der Waals surface area contributed by atoms with Crippen molar-refractivity contribution in [3.05, 3.63) is 106 Å². The molecular weight excluding hydrogens is 487 g/mol. The molecule has 0 saturated carbocycles. The van der Waals surface area contributed by atoms with E-state index in [1.54, 1.807) is 24.3 Å². The minimum atomic E-state index is -2.18. The number of benzene rings is 5. The fourth-order valence-electron chi connectivity index (χ4n) is 4.09. The Bertz CT molecular complexity index is 1510. The minimum absolute atomic E-state index is 0.0893. The van der Waals surface area contributed by atoms with Crippen molar-refractivity contribution in [2.45, 2.75) is 0 Å². The van der Waals surface area contributed by atoms with E-state index in [9.17, 15) is 22.0 Å². The minimum Gasteiger partial charge on any atom is -0.203 e. The molecule has 0 atom stereocenters. The molecule has 0 amide bonds. The van der Waals surface area contributed by atoms with E-state index in [2.05, 4.69) is 15.9 Å². The second-order valence-corrected chi connectivity index (χ2v) is 8.15. The summed E-state index contributed by atoms with van der Waals surface area (Å²) in [5.74, 6) is -9.87. The number of halogens is 6. The zero-order chi connectivity index (χ0) is 22.6. The Morgan fingerprint density at radius 3 is 1.50 bits per heavy atom. The van der Waals surface area contributed by atoms with Crippen molar-refractivity contribution in [3.8, 4) is 22.3 Å². The van der Waals surface area contributed by atoms with Gasteiger partial charge >= 0.3 is 0 Å². The summed E-state index contributed by atoms with van der Waals surface area (Å²) >= 11 is 3.53. The summed E-state index contributed by atoms with van der Waals surface area (Å²) < 4.78 is 72.3. The summed E-state index contributed by atoms with van der Waals surface area (Å²) in [6, 6.07) is 21.2. The predicted octanol–water partition coefficient (Wildman–Crippen LogP) is 8.78. The van der Waals surface area contributed by atoms with Gasteiger partial charge in [0.2, 0.25) is 5.82 Å². The van der Waals surface area contributed by atoms with Crippen LogP contribution in [0.3, 0.4) is 0 Å². The van der Waals surface area contributed by atoms with Gasteiger partial charge in [-0.25, -0.2) is 22.0 Å². The lowest BCUT2D eigenvalue weighted by Crippen LogP contribution is -2.05. The van der Waals surface area contributed by atoms with Crippen LogP contribution in [0.15, 0.2) is 77.3 Å². The fourth-order valence-corrected chi connectivity index (χ4v) is 4.63. The summed E-state index contributed by atoms with van der Waals surface area (Å²) in [5, 5.41) is 3.01. The Hall–Kier alpha value is -3.25. The van der Waals surface area contributed by atoms with Gasteiger partial charge < -0.3 is 0 Å². The molecule has 0 nitrogen and oxygen atoms in total. The predicted molar refractivity (Wildman–Crippen MR) is 120 cm³/mol. The topological polar surface area (TPSA) is 0 Å². The van der Waals surface area contributed by atoms with E-state index in [0.29, 0.717) is 21.0 Å². The van der Waals surface area contributed by atoms with Crippen molar-refractivity contribution in [3.63, 3.8) is 0 Å². The first-order valence-electron chi connectivity index (χ1n) is 9.61. The highest BCUT2D eigenvalue weighted by atomic mass is 79.9. The van der Waals surface area contributed by atoms with Gasteiger partial charge in [0, 0.05) is 10.0 Å². The van der Waals surface area contributed by atoms with Gasteiger partial charge in [-0.2, -0.15) is 0 Å². The molecule has 158 valence electrons. The van der Waals surface area contributed by atoms with Crippen LogP contribution in [0.1, 0.15) is 0 Å². The highest BCUT2D eigenvalue weighted by molar-refractivity contribution is 9.10. The third kappa shape index (κ3) is 3.01. The second-order valence-electron chi connectivity index (χ2n) is 7.30. The van der Waals surface area contributed by atoms with Crippen LogP contribution in [0.4, 0.5) is 22.0 Å². The molecule has 0 spiro atoms. The summed E-state index contributed by atoms with van der Waals surface area (Å²) in [6.45, 7) is 0. The molecular formula is C26H12BrF5. The third-order valence-corrected chi connectivity index (χ3v) is 6.20. The quantitative estimate of drug-likeness (QED) is 0.129. The molecule has 0 aliphatic heterocycles. The van der Waals surface area contributed by atoms with Crippen LogP contribution in [0.25, 0.3) is 43.8 Å². The van der Waals surface area contributed by atoms with E-state index < -0.39 is 34.6 Å². The van der Waals surface area contributed by atoms with Crippen LogP contribution in [-0.2, 0) is 0 Å². The lowest BCUT2D eigenvalue weighted by Gasteiger charge is -2.19. The molecule has 0 N–H and O–H groups in total. The first-order chi connectivity index (χ1) is 15.4. The van der Waals surface area contributed by atoms with E-state index in [1.807, 2.05) is 42.5 Å². The van der Waals surface area contributed by atoms with E-state index in [4.69, 9.17) is 0 Å². The molecule has 0 saturated heterocycles. The molecule has 0 aliphatic rings. The number of hydrogen-bond donors (Lipinski definition) is 0. The normalized spacial score (nSPS) is 11.4. The van der Waals surface area contributed by atoms with Gasteiger partial charge in [-0.15, -0.1) is 0 Å². The average Bonchev–Trinajstić information content (AvgIpc) is 2.82. The summed E-state index contributed by atoms with van der Waals surface area (Å²) in [7, 11) is 0. The molecule has 0 bridgehead atoms. The van der Waals surface area contributed by atoms with Gasteiger partial charge in [0.05, 0.1) is 5.56 Å². The van der Waals surface area contributed by atoms with Crippen LogP contribution in [0.5, 0.6) is 0 Å². The number of hydrogen-bond acceptors (Lipinski definition) is 0. The van der Waals surface area contributed by atoms with Crippen LogP contribution in [-0.4, -0.2) is 0 Å². The zero-order valence-corrected chi connectivity index (χ0v) is 17.8. The standard InChI is InChI=1S/C26H12BrF5/c27-18-12-10-14-6-2-4-8-16(14)20(18)19-15-7-3-1-5-13(15)9-11-17(19)21-22(28)24(30)26(32)25(31)23(21)29/h1-12H. The van der Waals surface area contributed by atoms with Crippen molar-refractivity contribution in [2.75, 3.05) is 0 Å². The lowest BCUT2D eigenvalue weighted by atomic mass is 9.87. The Morgan fingerprint density at radius 1 is 0.438 bits per heavy atom. The van der Waals surface area contributed by atoms with Gasteiger partial charge in [-0.3, -0.25) is 0 Å². The van der Waals surface area contributed by atoms with Gasteiger partial charge in [0.1, 0.15) is 0 Å². The summed E-state index contributed by atoms with van der Waals surface area (Å²) in [5.41, 5.74) is -0.0793. The Kier molecular flexibility index (Phi) is 4.97. The van der Waals surface area contributed by atoms with Crippen LogP contribution in [0.2, 0.25) is 0 Å². The van der Waals surface area contributed by atoms with E-state index in [1.165, 1.54) is 6.07 Å². The first-order valence-corrected chi connectivity index (χ1v) is 10.4. The molecule has 0 aromatic heterocycles. The molecule has 5 rings (SSSR count). The molecule has 5 aromatic carbocycles. The van der Waals surface area contributed by atoms with Gasteiger partial charge in [-0.1, -0.05) is 82.7 Å². The van der Waals surface area contributed by atoms with Gasteiger partial charge in [0.25, 0.3) is 0 Å². The number of fused-ring (bicyclic) bond motifs is 2. The largest absolute Gasteiger partial charge is 0.203 e. The summed E-state index contributed by atoms with van der Waals surface area (Å²) in [6.07, 6.45) is 0. The average molecular weight is 499 g/mol. The third-order valence-electron chi connectivity index (χ3n) is 5.54. The smallest absolute Gasteiger partial charge is 0.200 e. The zero-order valence-electron chi connectivity index (χ0n) is 16.2. The fraction of sp³-hybridized carbons (Fsp3) is 0. The monoisotopic (exact) mass is 498 g/mol. The van der Waals surface area contributed by atoms with Crippen LogP contribution in [0, 0.1) is 29.1 Å². The van der Waals surface area contributed by atoms with E-state index >= 15 is 0 Å². The molecule has 5 aromatic rings. The highest BCUT2D eigenvalue weighted by Gasteiger charge is 2.29. The van der Waals surface area contributed by atoms with Crippen molar-refractivity contribution >= 4 is 37.5 Å². The first kappa shape index (κ1) is 20.6. The Balaban J connectivity index is 2.02. The van der Waals surface area contributed by atoms with Crippen molar-refractivity contribution in [1.82, 2.24) is 0 Å². The molecule has 32 heavy (non-hydrogen) atoms. The molecule has 0 heterocycles. The Labute approximate surface area is 188 Å².